The normalized spacial score (nSPS) is 28.7. The van der Waals surface area contributed by atoms with Crippen LogP contribution in [0.25, 0.3) is 0 Å². The molecule has 18 heavy (non-hydrogen) atoms. The second-order valence-corrected chi connectivity index (χ2v) is 6.29. The predicted octanol–water partition coefficient (Wildman–Crippen LogP) is 2.00. The third kappa shape index (κ3) is 3.46. The Morgan fingerprint density at radius 1 is 1.22 bits per heavy atom. The number of hydrogen-bond acceptors (Lipinski definition) is 3. The molecule has 0 aromatic carbocycles. The van der Waals surface area contributed by atoms with Gasteiger partial charge in [0, 0.05) is 19.1 Å². The van der Waals surface area contributed by atoms with Crippen LogP contribution in [0.15, 0.2) is 0 Å². The number of aliphatic hydroxyl groups is 1. The molecule has 2 aliphatic rings. The lowest BCUT2D eigenvalue weighted by Gasteiger charge is -2.42. The highest BCUT2D eigenvalue weighted by atomic mass is 16.3. The van der Waals surface area contributed by atoms with Crippen molar-refractivity contribution in [1.29, 1.82) is 0 Å². The average Bonchev–Trinajstić information content (AvgIpc) is 2.84. The van der Waals surface area contributed by atoms with Crippen LogP contribution in [-0.2, 0) is 0 Å². The van der Waals surface area contributed by atoms with E-state index < -0.39 is 0 Å². The van der Waals surface area contributed by atoms with Gasteiger partial charge in [-0.3, -0.25) is 4.90 Å². The highest BCUT2D eigenvalue weighted by Gasteiger charge is 2.36. The zero-order chi connectivity index (χ0) is 12.8. The van der Waals surface area contributed by atoms with E-state index in [0.29, 0.717) is 18.1 Å². The van der Waals surface area contributed by atoms with E-state index >= 15 is 0 Å². The second-order valence-electron chi connectivity index (χ2n) is 6.29. The van der Waals surface area contributed by atoms with Crippen molar-refractivity contribution in [3.63, 3.8) is 0 Å². The van der Waals surface area contributed by atoms with Gasteiger partial charge in [-0.1, -0.05) is 26.2 Å². The molecule has 106 valence electrons. The zero-order valence-corrected chi connectivity index (χ0v) is 12.0. The van der Waals surface area contributed by atoms with Gasteiger partial charge in [0.1, 0.15) is 0 Å². The Morgan fingerprint density at radius 2 is 2.00 bits per heavy atom. The standard InChI is InChI=1S/C15H30N2O/c1-2-16-12-15(8-4-3-5-9-15)13-17-10-6-7-14(17)11-18/h14,16,18H,2-13H2,1H3. The lowest BCUT2D eigenvalue weighted by Crippen LogP contribution is -2.47. The molecule has 1 aliphatic heterocycles. The third-order valence-corrected chi connectivity index (χ3v) is 4.91. The van der Waals surface area contributed by atoms with E-state index in [0.717, 1.165) is 13.1 Å². The van der Waals surface area contributed by atoms with Crippen LogP contribution in [0.3, 0.4) is 0 Å². The third-order valence-electron chi connectivity index (χ3n) is 4.91. The van der Waals surface area contributed by atoms with Crippen LogP contribution < -0.4 is 5.32 Å². The van der Waals surface area contributed by atoms with Crippen LogP contribution in [-0.4, -0.2) is 48.8 Å². The lowest BCUT2D eigenvalue weighted by molar-refractivity contribution is 0.0742. The van der Waals surface area contributed by atoms with Gasteiger partial charge in [0.2, 0.25) is 0 Å². The Kier molecular flexibility index (Phi) is 5.46. The summed E-state index contributed by atoms with van der Waals surface area (Å²) < 4.78 is 0. The highest BCUT2D eigenvalue weighted by Crippen LogP contribution is 2.38. The maximum Gasteiger partial charge on any atom is 0.0586 e. The Morgan fingerprint density at radius 3 is 2.67 bits per heavy atom. The van der Waals surface area contributed by atoms with E-state index in [-0.39, 0.29) is 0 Å². The van der Waals surface area contributed by atoms with Crippen molar-refractivity contribution in [2.45, 2.75) is 57.9 Å². The van der Waals surface area contributed by atoms with Crippen molar-refractivity contribution >= 4 is 0 Å². The summed E-state index contributed by atoms with van der Waals surface area (Å²) in [7, 11) is 0. The number of rotatable bonds is 6. The molecular formula is C15H30N2O. The van der Waals surface area contributed by atoms with Crippen molar-refractivity contribution in [2.24, 2.45) is 5.41 Å². The number of hydrogen-bond donors (Lipinski definition) is 2. The molecule has 1 saturated heterocycles. The molecule has 0 aromatic heterocycles. The van der Waals surface area contributed by atoms with Gasteiger partial charge >= 0.3 is 0 Å². The first-order valence-electron chi connectivity index (χ1n) is 7.85. The summed E-state index contributed by atoms with van der Waals surface area (Å²) in [6.07, 6.45) is 9.39. The maximum absolute atomic E-state index is 9.47. The minimum absolute atomic E-state index is 0.345. The molecule has 2 rings (SSSR count). The molecule has 1 aliphatic carbocycles. The summed E-state index contributed by atoms with van der Waals surface area (Å²) in [6, 6.07) is 0.436. The summed E-state index contributed by atoms with van der Waals surface area (Å²) >= 11 is 0. The maximum atomic E-state index is 9.47. The van der Waals surface area contributed by atoms with Gasteiger partial charge in [-0.05, 0) is 44.2 Å². The van der Waals surface area contributed by atoms with Gasteiger partial charge in [0.25, 0.3) is 0 Å². The van der Waals surface area contributed by atoms with Crippen LogP contribution in [0.4, 0.5) is 0 Å². The van der Waals surface area contributed by atoms with E-state index in [1.165, 1.54) is 58.0 Å². The van der Waals surface area contributed by atoms with Gasteiger partial charge < -0.3 is 10.4 Å². The Hall–Kier alpha value is -0.120. The molecule has 0 aromatic rings. The van der Waals surface area contributed by atoms with Crippen molar-refractivity contribution in [3.8, 4) is 0 Å². The van der Waals surface area contributed by atoms with Crippen molar-refractivity contribution in [3.05, 3.63) is 0 Å². The number of likely N-dealkylation sites (tertiary alicyclic amines) is 1. The first-order chi connectivity index (χ1) is 8.79. The Bertz CT molecular complexity index is 239. The topological polar surface area (TPSA) is 35.5 Å². The van der Waals surface area contributed by atoms with E-state index in [1.54, 1.807) is 0 Å². The summed E-state index contributed by atoms with van der Waals surface area (Å²) in [6.45, 7) is 7.17. The summed E-state index contributed by atoms with van der Waals surface area (Å²) in [5, 5.41) is 13.0. The SMILES string of the molecule is CCNCC1(CN2CCCC2CO)CCCCC1. The van der Waals surface area contributed by atoms with Crippen molar-refractivity contribution in [1.82, 2.24) is 10.2 Å². The molecule has 3 heteroatoms. The number of nitrogens with one attached hydrogen (secondary N) is 1. The zero-order valence-electron chi connectivity index (χ0n) is 12.0. The van der Waals surface area contributed by atoms with Gasteiger partial charge in [-0.15, -0.1) is 0 Å². The van der Waals surface area contributed by atoms with Gasteiger partial charge in [-0.25, -0.2) is 0 Å². The Balaban J connectivity index is 1.95. The van der Waals surface area contributed by atoms with Crippen LogP contribution in [0.1, 0.15) is 51.9 Å². The molecule has 1 unspecified atom stereocenters. The summed E-state index contributed by atoms with van der Waals surface area (Å²) in [5.74, 6) is 0. The number of aliphatic hydroxyl groups excluding tert-OH is 1. The summed E-state index contributed by atoms with van der Waals surface area (Å²) in [5.41, 5.74) is 0.478. The fraction of sp³-hybridized carbons (Fsp3) is 1.00. The van der Waals surface area contributed by atoms with Gasteiger partial charge in [0.15, 0.2) is 0 Å². The molecule has 0 radical (unpaired) electrons. The first-order valence-corrected chi connectivity index (χ1v) is 7.85. The molecule has 0 spiro atoms. The minimum atomic E-state index is 0.345. The smallest absolute Gasteiger partial charge is 0.0586 e. The highest BCUT2D eigenvalue weighted by molar-refractivity contribution is 4.91. The van der Waals surface area contributed by atoms with Crippen LogP contribution in [0.2, 0.25) is 0 Å². The molecule has 1 saturated carbocycles. The van der Waals surface area contributed by atoms with Crippen LogP contribution in [0.5, 0.6) is 0 Å². The minimum Gasteiger partial charge on any atom is -0.395 e. The second kappa shape index (κ2) is 6.88. The molecule has 2 N–H and O–H groups in total. The van der Waals surface area contributed by atoms with Gasteiger partial charge in [-0.2, -0.15) is 0 Å². The van der Waals surface area contributed by atoms with E-state index in [2.05, 4.69) is 17.1 Å². The fourth-order valence-corrected chi connectivity index (χ4v) is 3.82. The predicted molar refractivity (Wildman–Crippen MR) is 75.7 cm³/mol. The quantitative estimate of drug-likeness (QED) is 0.761. The van der Waals surface area contributed by atoms with Gasteiger partial charge in [0.05, 0.1) is 6.61 Å². The van der Waals surface area contributed by atoms with E-state index in [9.17, 15) is 5.11 Å². The molecule has 1 atom stereocenters. The molecule has 2 fully saturated rings. The van der Waals surface area contributed by atoms with E-state index in [1.807, 2.05) is 0 Å². The molecule has 3 nitrogen and oxygen atoms in total. The van der Waals surface area contributed by atoms with Crippen LogP contribution in [0, 0.1) is 5.41 Å². The van der Waals surface area contributed by atoms with Crippen LogP contribution >= 0.6 is 0 Å². The Labute approximate surface area is 112 Å². The largest absolute Gasteiger partial charge is 0.395 e. The lowest BCUT2D eigenvalue weighted by atomic mass is 9.73. The molecule has 0 bridgehead atoms. The van der Waals surface area contributed by atoms with Crippen molar-refractivity contribution < 1.29 is 5.11 Å². The summed E-state index contributed by atoms with van der Waals surface area (Å²) in [4.78, 5) is 2.56. The van der Waals surface area contributed by atoms with Crippen molar-refractivity contribution in [2.75, 3.05) is 32.8 Å². The first kappa shape index (κ1) is 14.3. The average molecular weight is 254 g/mol. The monoisotopic (exact) mass is 254 g/mol. The molecule has 1 heterocycles. The molecule has 0 amide bonds. The number of nitrogens with zero attached hydrogens (tertiary/aromatic N) is 1. The fourth-order valence-electron chi connectivity index (χ4n) is 3.82. The van der Waals surface area contributed by atoms with E-state index in [4.69, 9.17) is 0 Å². The molecular weight excluding hydrogens is 224 g/mol.